The number of nitrogens with one attached hydrogen (secondary N) is 1. The van der Waals surface area contributed by atoms with Crippen molar-refractivity contribution < 1.29 is 43.7 Å². The number of nitrogens with zero attached hydrogens (tertiary/aromatic N) is 1. The molecule has 2 fully saturated rings. The van der Waals surface area contributed by atoms with Crippen LogP contribution in [0.25, 0.3) is 0 Å². The number of fused-ring (bicyclic) bond motifs is 3. The number of amides is 2. The molecular weight excluding hydrogens is 486 g/mol. The maximum absolute atomic E-state index is 13.7. The first-order chi connectivity index (χ1) is 17.4. The number of hydrogen-bond acceptors (Lipinski definition) is 10. The van der Waals surface area contributed by atoms with Crippen LogP contribution in [0.15, 0.2) is 12.1 Å². The molecule has 6 atom stereocenters. The number of carbonyl (C=O) groups excluding carboxylic acids is 6. The first kappa shape index (κ1) is 26.0. The van der Waals surface area contributed by atoms with E-state index in [9.17, 15) is 39.0 Å². The van der Waals surface area contributed by atoms with Crippen molar-refractivity contribution in [3.63, 3.8) is 0 Å². The van der Waals surface area contributed by atoms with Crippen LogP contribution in [0.2, 0.25) is 0 Å². The summed E-state index contributed by atoms with van der Waals surface area (Å²) in [7, 11) is 3.02. The Morgan fingerprint density at radius 3 is 2.51 bits per heavy atom. The van der Waals surface area contributed by atoms with Gasteiger partial charge < -0.3 is 20.7 Å². The zero-order chi connectivity index (χ0) is 27.4. The fourth-order valence-corrected chi connectivity index (χ4v) is 5.93. The zero-order valence-electron chi connectivity index (χ0n) is 20.0. The molecule has 0 radical (unpaired) electrons. The van der Waals surface area contributed by atoms with Crippen molar-refractivity contribution in [3.05, 3.63) is 23.3 Å². The van der Waals surface area contributed by atoms with Gasteiger partial charge in [-0.05, 0) is 44.5 Å². The van der Waals surface area contributed by atoms with Crippen molar-refractivity contribution in [1.29, 1.82) is 0 Å². The third kappa shape index (κ3) is 3.78. The average molecular weight is 511 g/mol. The summed E-state index contributed by atoms with van der Waals surface area (Å²) >= 11 is 0. The van der Waals surface area contributed by atoms with Crippen LogP contribution in [-0.2, 0) is 30.3 Å². The summed E-state index contributed by atoms with van der Waals surface area (Å²) in [4.78, 5) is 78.8. The number of likely N-dealkylation sites (N-methyl/N-ethyl adjacent to an activating group) is 1. The lowest BCUT2D eigenvalue weighted by Crippen LogP contribution is -2.74. The van der Waals surface area contributed by atoms with E-state index in [1.165, 1.54) is 31.1 Å². The van der Waals surface area contributed by atoms with Gasteiger partial charge in [-0.15, -0.1) is 6.42 Å². The van der Waals surface area contributed by atoms with Gasteiger partial charge >= 0.3 is 6.09 Å². The highest BCUT2D eigenvalue weighted by Gasteiger charge is 2.69. The topological polar surface area (TPSA) is 193 Å². The molecule has 12 heteroatoms. The summed E-state index contributed by atoms with van der Waals surface area (Å²) in [5.74, 6) is -9.44. The summed E-state index contributed by atoms with van der Waals surface area (Å²) in [6.07, 6.45) is 4.12. The highest BCUT2D eigenvalue weighted by molar-refractivity contribution is 6.32. The number of ketones is 4. The SMILES string of the molecule is C#CCOC(=O)Nc1ccc2c(c1O)C(=O)C1C(=O)C3(O)C(=O)C(C(N)=O)C(=O)C(N(C)C)C3CC1C2. The Morgan fingerprint density at radius 2 is 1.92 bits per heavy atom. The fraction of sp³-hybridized carbons (Fsp3) is 0.440. The highest BCUT2D eigenvalue weighted by Crippen LogP contribution is 2.51. The second kappa shape index (κ2) is 9.10. The Bertz CT molecular complexity index is 1300. The number of nitrogens with two attached hydrogens (primary N) is 1. The lowest BCUT2D eigenvalue weighted by atomic mass is 9.52. The minimum Gasteiger partial charge on any atom is -0.505 e. The number of phenols is 1. The molecule has 3 aliphatic rings. The molecule has 1 aromatic carbocycles. The van der Waals surface area contributed by atoms with Crippen LogP contribution in [0.3, 0.4) is 0 Å². The molecule has 0 saturated heterocycles. The number of hydrogen-bond donors (Lipinski definition) is 4. The van der Waals surface area contributed by atoms with Crippen LogP contribution in [0, 0.1) is 36.0 Å². The Balaban J connectivity index is 1.76. The number of phenolic OH excluding ortho intramolecular Hbond substituents is 1. The van der Waals surface area contributed by atoms with E-state index in [-0.39, 0.29) is 30.7 Å². The van der Waals surface area contributed by atoms with E-state index in [2.05, 4.69) is 11.2 Å². The van der Waals surface area contributed by atoms with Gasteiger partial charge in [0, 0.05) is 5.92 Å². The number of terminal acetylenes is 1. The van der Waals surface area contributed by atoms with Crippen LogP contribution in [-0.4, -0.2) is 82.6 Å². The van der Waals surface area contributed by atoms with Gasteiger partial charge in [-0.25, -0.2) is 4.79 Å². The van der Waals surface area contributed by atoms with Crippen molar-refractivity contribution in [2.45, 2.75) is 24.5 Å². The van der Waals surface area contributed by atoms with Crippen LogP contribution in [0.1, 0.15) is 22.3 Å². The maximum Gasteiger partial charge on any atom is 0.412 e. The standard InChI is InChI=1S/C25H25N3O9/c1-4-7-37-24(35)27-13-6-5-10-8-11-9-12-17(28(2)3)20(31)16(23(26)34)22(33)25(12,36)21(32)15(11)19(30)14(10)18(13)29/h1,5-6,11-12,15-17,29,36H,7-9H2,2-3H3,(H2,26,34)(H,27,35). The monoisotopic (exact) mass is 511 g/mol. The number of anilines is 1. The molecule has 3 aliphatic carbocycles. The predicted molar refractivity (Wildman–Crippen MR) is 125 cm³/mol. The Kier molecular flexibility index (Phi) is 6.39. The summed E-state index contributed by atoms with van der Waals surface area (Å²) in [5, 5.41) is 24.6. The normalized spacial score (nSPS) is 30.6. The van der Waals surface area contributed by atoms with Crippen molar-refractivity contribution >= 4 is 40.8 Å². The molecular formula is C25H25N3O9. The van der Waals surface area contributed by atoms with E-state index >= 15 is 0 Å². The molecule has 6 unspecified atom stereocenters. The van der Waals surface area contributed by atoms with Gasteiger partial charge in [0.2, 0.25) is 5.91 Å². The number of aromatic hydroxyl groups is 1. The predicted octanol–water partition coefficient (Wildman–Crippen LogP) is -0.951. The zero-order valence-corrected chi connectivity index (χ0v) is 20.0. The molecule has 0 aromatic heterocycles. The van der Waals surface area contributed by atoms with Crippen LogP contribution < -0.4 is 11.1 Å². The molecule has 5 N–H and O–H groups in total. The summed E-state index contributed by atoms with van der Waals surface area (Å²) < 4.78 is 4.70. The molecule has 194 valence electrons. The first-order valence-corrected chi connectivity index (χ1v) is 11.4. The molecule has 0 bridgehead atoms. The number of ether oxygens (including phenoxy) is 1. The number of carbonyl (C=O) groups is 6. The molecule has 2 amide bonds. The van der Waals surface area contributed by atoms with E-state index in [0.717, 1.165) is 0 Å². The molecule has 37 heavy (non-hydrogen) atoms. The van der Waals surface area contributed by atoms with E-state index in [1.807, 2.05) is 0 Å². The number of Topliss-reactive ketones (excluding diaryl/α,β-unsaturated/α-hetero) is 4. The Morgan fingerprint density at radius 1 is 1.24 bits per heavy atom. The van der Waals surface area contributed by atoms with Gasteiger partial charge in [0.1, 0.15) is 5.75 Å². The quantitative estimate of drug-likeness (QED) is 0.222. The van der Waals surface area contributed by atoms with Crippen LogP contribution in [0.5, 0.6) is 5.75 Å². The third-order valence-corrected chi connectivity index (χ3v) is 7.46. The minimum absolute atomic E-state index is 0.0525. The van der Waals surface area contributed by atoms with Gasteiger partial charge in [-0.3, -0.25) is 34.2 Å². The average Bonchev–Trinajstić information content (AvgIpc) is 2.81. The van der Waals surface area contributed by atoms with Crippen molar-refractivity contribution in [2.24, 2.45) is 29.4 Å². The van der Waals surface area contributed by atoms with Crippen LogP contribution in [0.4, 0.5) is 10.5 Å². The van der Waals surface area contributed by atoms with Gasteiger partial charge in [0.25, 0.3) is 0 Å². The third-order valence-electron chi connectivity index (χ3n) is 7.46. The molecule has 0 spiro atoms. The lowest BCUT2D eigenvalue weighted by molar-refractivity contribution is -0.181. The second-order valence-corrected chi connectivity index (χ2v) is 9.69. The van der Waals surface area contributed by atoms with E-state index in [0.29, 0.717) is 5.56 Å². The Labute approximate surface area is 211 Å². The number of aliphatic hydroxyl groups is 1. The molecule has 2 saturated carbocycles. The van der Waals surface area contributed by atoms with Gasteiger partial charge in [-0.1, -0.05) is 12.0 Å². The number of benzene rings is 1. The molecule has 12 nitrogen and oxygen atoms in total. The van der Waals surface area contributed by atoms with Crippen molar-refractivity contribution in [1.82, 2.24) is 4.90 Å². The van der Waals surface area contributed by atoms with Gasteiger partial charge in [0.15, 0.2) is 41.3 Å². The number of rotatable bonds is 4. The molecule has 0 aliphatic heterocycles. The summed E-state index contributed by atoms with van der Waals surface area (Å²) in [5.41, 5.74) is 2.45. The smallest absolute Gasteiger partial charge is 0.412 e. The highest BCUT2D eigenvalue weighted by atomic mass is 16.5. The van der Waals surface area contributed by atoms with Crippen molar-refractivity contribution in [2.75, 3.05) is 26.0 Å². The van der Waals surface area contributed by atoms with E-state index < -0.39 is 76.2 Å². The lowest BCUT2D eigenvalue weighted by Gasteiger charge is -2.52. The molecule has 1 aromatic rings. The van der Waals surface area contributed by atoms with Gasteiger partial charge in [-0.2, -0.15) is 0 Å². The number of primary amides is 1. The van der Waals surface area contributed by atoms with Crippen molar-refractivity contribution in [3.8, 4) is 18.1 Å². The minimum atomic E-state index is -2.80. The van der Waals surface area contributed by atoms with E-state index in [1.54, 1.807) is 0 Å². The maximum atomic E-state index is 13.7. The van der Waals surface area contributed by atoms with E-state index in [4.69, 9.17) is 16.9 Å². The summed E-state index contributed by atoms with van der Waals surface area (Å²) in [6.45, 7) is -0.328. The van der Waals surface area contributed by atoms with Gasteiger partial charge in [0.05, 0.1) is 23.2 Å². The largest absolute Gasteiger partial charge is 0.505 e. The molecule has 4 rings (SSSR count). The molecule has 0 heterocycles. The Hall–Kier alpha value is -4.08. The fourth-order valence-electron chi connectivity index (χ4n) is 5.93. The summed E-state index contributed by atoms with van der Waals surface area (Å²) in [6, 6.07) is 1.68. The first-order valence-electron chi connectivity index (χ1n) is 11.4. The van der Waals surface area contributed by atoms with Crippen LogP contribution >= 0.6 is 0 Å². The second-order valence-electron chi connectivity index (χ2n) is 9.69.